The van der Waals surface area contributed by atoms with Crippen molar-refractivity contribution in [3.63, 3.8) is 0 Å². The van der Waals surface area contributed by atoms with E-state index in [4.69, 9.17) is 10.5 Å². The Morgan fingerprint density at radius 1 is 1.15 bits per heavy atom. The Morgan fingerprint density at radius 3 is 2.50 bits per heavy atom. The second-order valence-electron chi connectivity index (χ2n) is 5.10. The normalized spacial score (nSPS) is 24.2. The highest BCUT2D eigenvalue weighted by atomic mass is 79.9. The molecule has 1 aromatic rings. The van der Waals surface area contributed by atoms with E-state index in [0.29, 0.717) is 10.2 Å². The lowest BCUT2D eigenvalue weighted by Crippen LogP contribution is -2.37. The smallest absolute Gasteiger partial charge is 0.416 e. The molecule has 0 aromatic heterocycles. The molecule has 1 aromatic carbocycles. The van der Waals surface area contributed by atoms with Gasteiger partial charge in [0.2, 0.25) is 0 Å². The highest BCUT2D eigenvalue weighted by Gasteiger charge is 2.31. The quantitative estimate of drug-likeness (QED) is 0.795. The third-order valence-corrected chi connectivity index (χ3v) is 4.16. The molecule has 0 heterocycles. The first-order chi connectivity index (χ1) is 9.38. The highest BCUT2D eigenvalue weighted by Crippen LogP contribution is 2.36. The van der Waals surface area contributed by atoms with Crippen LogP contribution in [0.2, 0.25) is 0 Å². The van der Waals surface area contributed by atoms with E-state index in [1.807, 2.05) is 0 Å². The summed E-state index contributed by atoms with van der Waals surface area (Å²) in [5.41, 5.74) is 5.36. The molecule has 2 unspecified atom stereocenters. The van der Waals surface area contributed by atoms with Gasteiger partial charge in [-0.3, -0.25) is 0 Å². The average molecular weight is 352 g/mol. The molecule has 1 saturated carbocycles. The van der Waals surface area contributed by atoms with Gasteiger partial charge in [-0.1, -0.05) is 12.8 Å². The number of ether oxygens (including phenoxy) is 1. The Balaban J connectivity index is 2.13. The van der Waals surface area contributed by atoms with Crippen LogP contribution in [-0.2, 0) is 6.18 Å². The van der Waals surface area contributed by atoms with E-state index in [-0.39, 0.29) is 12.1 Å². The monoisotopic (exact) mass is 351 g/mol. The van der Waals surface area contributed by atoms with Crippen LogP contribution in [0.15, 0.2) is 22.7 Å². The molecular formula is C14H17BrF3NO. The molecule has 1 fully saturated rings. The molecule has 2 N–H and O–H groups in total. The number of rotatable bonds is 2. The highest BCUT2D eigenvalue weighted by molar-refractivity contribution is 9.10. The van der Waals surface area contributed by atoms with Gasteiger partial charge in [0.05, 0.1) is 10.0 Å². The number of nitrogens with two attached hydrogens (primary N) is 1. The third-order valence-electron chi connectivity index (χ3n) is 3.54. The predicted octanol–water partition coefficient (Wildman–Crippen LogP) is 4.51. The first-order valence-corrected chi connectivity index (χ1v) is 7.46. The molecule has 0 spiro atoms. The van der Waals surface area contributed by atoms with E-state index in [0.717, 1.165) is 44.2 Å². The SMILES string of the molecule is NC1CCCCCC1Oc1ccc(C(F)(F)F)cc1Br. The summed E-state index contributed by atoms with van der Waals surface area (Å²) in [6.07, 6.45) is 0.496. The Bertz CT molecular complexity index is 464. The van der Waals surface area contributed by atoms with Gasteiger partial charge in [-0.25, -0.2) is 0 Å². The maximum Gasteiger partial charge on any atom is 0.416 e. The van der Waals surface area contributed by atoms with Crippen molar-refractivity contribution in [2.75, 3.05) is 0 Å². The molecular weight excluding hydrogens is 335 g/mol. The Labute approximate surface area is 124 Å². The molecule has 0 amide bonds. The van der Waals surface area contributed by atoms with Gasteiger partial charge in [-0.05, 0) is 53.4 Å². The Morgan fingerprint density at radius 2 is 1.85 bits per heavy atom. The van der Waals surface area contributed by atoms with Crippen LogP contribution in [0.5, 0.6) is 5.75 Å². The van der Waals surface area contributed by atoms with Crippen molar-refractivity contribution in [2.24, 2.45) is 5.73 Å². The van der Waals surface area contributed by atoms with Gasteiger partial charge in [-0.15, -0.1) is 0 Å². The molecule has 0 saturated heterocycles. The van der Waals surface area contributed by atoms with Crippen LogP contribution in [0.3, 0.4) is 0 Å². The van der Waals surface area contributed by atoms with Crippen molar-refractivity contribution in [3.05, 3.63) is 28.2 Å². The van der Waals surface area contributed by atoms with E-state index in [1.165, 1.54) is 6.07 Å². The zero-order valence-corrected chi connectivity index (χ0v) is 12.5. The molecule has 0 bridgehead atoms. The molecule has 6 heteroatoms. The van der Waals surface area contributed by atoms with Crippen molar-refractivity contribution < 1.29 is 17.9 Å². The average Bonchev–Trinajstić information content (AvgIpc) is 2.56. The summed E-state index contributed by atoms with van der Waals surface area (Å²) < 4.78 is 43.9. The van der Waals surface area contributed by atoms with Gasteiger partial charge in [0.1, 0.15) is 11.9 Å². The Hall–Kier alpha value is -0.750. The lowest BCUT2D eigenvalue weighted by Gasteiger charge is -2.23. The lowest BCUT2D eigenvalue weighted by atomic mass is 10.1. The zero-order valence-electron chi connectivity index (χ0n) is 10.9. The number of hydrogen-bond acceptors (Lipinski definition) is 2. The van der Waals surface area contributed by atoms with Crippen LogP contribution in [0.4, 0.5) is 13.2 Å². The largest absolute Gasteiger partial charge is 0.488 e. The van der Waals surface area contributed by atoms with Crippen LogP contribution in [0, 0.1) is 0 Å². The van der Waals surface area contributed by atoms with Crippen LogP contribution in [0.1, 0.15) is 37.7 Å². The molecule has 2 atom stereocenters. The van der Waals surface area contributed by atoms with E-state index in [9.17, 15) is 13.2 Å². The molecule has 20 heavy (non-hydrogen) atoms. The summed E-state index contributed by atoms with van der Waals surface area (Å²) in [6.45, 7) is 0. The molecule has 112 valence electrons. The molecule has 2 nitrogen and oxygen atoms in total. The van der Waals surface area contributed by atoms with Crippen molar-refractivity contribution in [1.82, 2.24) is 0 Å². The topological polar surface area (TPSA) is 35.2 Å². The molecule has 0 aliphatic heterocycles. The van der Waals surface area contributed by atoms with Gasteiger partial charge in [-0.2, -0.15) is 13.2 Å². The molecule has 1 aliphatic rings. The van der Waals surface area contributed by atoms with Crippen LogP contribution < -0.4 is 10.5 Å². The maximum atomic E-state index is 12.6. The summed E-state index contributed by atoms with van der Waals surface area (Å²) in [7, 11) is 0. The van der Waals surface area contributed by atoms with Gasteiger partial charge in [0.15, 0.2) is 0 Å². The predicted molar refractivity (Wildman–Crippen MR) is 74.6 cm³/mol. The minimum Gasteiger partial charge on any atom is -0.488 e. The van der Waals surface area contributed by atoms with Crippen molar-refractivity contribution >= 4 is 15.9 Å². The fourth-order valence-corrected chi connectivity index (χ4v) is 2.86. The van der Waals surface area contributed by atoms with Crippen LogP contribution in [-0.4, -0.2) is 12.1 Å². The minimum atomic E-state index is -4.35. The van der Waals surface area contributed by atoms with Gasteiger partial charge in [0, 0.05) is 6.04 Å². The molecule has 2 rings (SSSR count). The van der Waals surface area contributed by atoms with E-state index < -0.39 is 11.7 Å². The standard InChI is InChI=1S/C14H17BrF3NO/c15-10-8-9(14(16,17)18)6-7-12(10)20-13-5-3-1-2-4-11(13)19/h6-8,11,13H,1-5,19H2. The van der Waals surface area contributed by atoms with Gasteiger partial charge >= 0.3 is 6.18 Å². The summed E-state index contributed by atoms with van der Waals surface area (Å²) >= 11 is 3.14. The van der Waals surface area contributed by atoms with Gasteiger partial charge in [0.25, 0.3) is 0 Å². The minimum absolute atomic E-state index is 0.0632. The van der Waals surface area contributed by atoms with Crippen LogP contribution in [0.25, 0.3) is 0 Å². The van der Waals surface area contributed by atoms with Crippen LogP contribution >= 0.6 is 15.9 Å². The second kappa shape index (κ2) is 6.35. The Kier molecular flexibility index (Phi) is 4.96. The second-order valence-corrected chi connectivity index (χ2v) is 5.96. The first kappa shape index (κ1) is 15.6. The lowest BCUT2D eigenvalue weighted by molar-refractivity contribution is -0.137. The number of hydrogen-bond donors (Lipinski definition) is 1. The third kappa shape index (κ3) is 3.88. The van der Waals surface area contributed by atoms with Crippen molar-refractivity contribution in [2.45, 2.75) is 50.4 Å². The summed E-state index contributed by atoms with van der Waals surface area (Å²) in [5, 5.41) is 0. The summed E-state index contributed by atoms with van der Waals surface area (Å²) in [5.74, 6) is 0.417. The number of alkyl halides is 3. The van der Waals surface area contributed by atoms with Gasteiger partial charge < -0.3 is 10.5 Å². The fourth-order valence-electron chi connectivity index (χ4n) is 2.38. The maximum absolute atomic E-state index is 12.6. The molecule has 1 aliphatic carbocycles. The van der Waals surface area contributed by atoms with E-state index in [2.05, 4.69) is 15.9 Å². The zero-order chi connectivity index (χ0) is 14.8. The first-order valence-electron chi connectivity index (χ1n) is 6.67. The summed E-state index contributed by atoms with van der Waals surface area (Å²) in [4.78, 5) is 0. The number of halogens is 4. The fraction of sp³-hybridized carbons (Fsp3) is 0.571. The summed E-state index contributed by atoms with van der Waals surface area (Å²) in [6, 6.07) is 3.36. The van der Waals surface area contributed by atoms with E-state index in [1.54, 1.807) is 0 Å². The van der Waals surface area contributed by atoms with Crippen molar-refractivity contribution in [3.8, 4) is 5.75 Å². The number of benzene rings is 1. The van der Waals surface area contributed by atoms with E-state index >= 15 is 0 Å². The van der Waals surface area contributed by atoms with Crippen molar-refractivity contribution in [1.29, 1.82) is 0 Å². The molecule has 0 radical (unpaired) electrons.